The summed E-state index contributed by atoms with van der Waals surface area (Å²) in [6, 6.07) is 11.4. The van der Waals surface area contributed by atoms with Gasteiger partial charge in [-0.3, -0.25) is 4.79 Å². The molecule has 0 spiro atoms. The minimum atomic E-state index is -0.132. The molecule has 0 atom stereocenters. The van der Waals surface area contributed by atoms with Crippen LogP contribution in [0.25, 0.3) is 11.4 Å². The summed E-state index contributed by atoms with van der Waals surface area (Å²) in [5.74, 6) is 0.737. The first-order chi connectivity index (χ1) is 12.9. The Hall–Kier alpha value is -1.35. The number of nitrogens with one attached hydrogen (secondary N) is 1. The lowest BCUT2D eigenvalue weighted by atomic mass is 10.2. The number of thioether (sulfide) groups is 1. The van der Waals surface area contributed by atoms with Gasteiger partial charge in [0, 0.05) is 21.6 Å². The number of anilines is 1. The van der Waals surface area contributed by atoms with E-state index in [1.807, 2.05) is 54.9 Å². The average molecular weight is 531 g/mol. The minimum absolute atomic E-state index is 0.132. The van der Waals surface area contributed by atoms with Crippen molar-refractivity contribution in [2.75, 3.05) is 11.1 Å². The van der Waals surface area contributed by atoms with E-state index in [1.165, 1.54) is 11.8 Å². The second kappa shape index (κ2) is 8.77. The molecule has 0 aliphatic rings. The van der Waals surface area contributed by atoms with Crippen molar-refractivity contribution in [2.45, 2.75) is 12.1 Å². The number of hydrogen-bond donors (Lipinski definition) is 1. The molecule has 3 aromatic rings. The fraction of sp³-hybridized carbons (Fsp3) is 0.167. The first-order valence-electron chi connectivity index (χ1n) is 7.89. The Labute approximate surface area is 183 Å². The van der Waals surface area contributed by atoms with Crippen molar-refractivity contribution in [1.29, 1.82) is 0 Å². The van der Waals surface area contributed by atoms with Crippen molar-refractivity contribution < 1.29 is 4.79 Å². The second-order valence-corrected chi connectivity index (χ2v) is 8.84. The van der Waals surface area contributed by atoms with Crippen molar-refractivity contribution in [3.8, 4) is 11.4 Å². The summed E-state index contributed by atoms with van der Waals surface area (Å²) in [5.41, 5.74) is 2.60. The molecule has 1 amide bonds. The summed E-state index contributed by atoms with van der Waals surface area (Å²) in [6.45, 7) is 1.99. The molecule has 1 heterocycles. The summed E-state index contributed by atoms with van der Waals surface area (Å²) in [7, 11) is 1.85. The zero-order valence-electron chi connectivity index (χ0n) is 14.5. The number of amides is 1. The van der Waals surface area contributed by atoms with Crippen LogP contribution < -0.4 is 5.32 Å². The van der Waals surface area contributed by atoms with Crippen molar-refractivity contribution in [3.63, 3.8) is 0 Å². The van der Waals surface area contributed by atoms with Gasteiger partial charge in [-0.25, -0.2) is 0 Å². The van der Waals surface area contributed by atoms with E-state index >= 15 is 0 Å². The Kier molecular flexibility index (Phi) is 6.62. The highest BCUT2D eigenvalue weighted by Crippen LogP contribution is 2.33. The largest absolute Gasteiger partial charge is 0.323 e. The fourth-order valence-electron chi connectivity index (χ4n) is 2.44. The fourth-order valence-corrected chi connectivity index (χ4v) is 4.99. The van der Waals surface area contributed by atoms with E-state index in [0.717, 1.165) is 20.1 Å². The maximum absolute atomic E-state index is 12.4. The van der Waals surface area contributed by atoms with Crippen molar-refractivity contribution in [3.05, 3.63) is 55.9 Å². The summed E-state index contributed by atoms with van der Waals surface area (Å²) >= 11 is 14.5. The number of aromatic nitrogens is 3. The normalized spacial score (nSPS) is 10.9. The molecule has 2 aromatic carbocycles. The third kappa shape index (κ3) is 4.74. The van der Waals surface area contributed by atoms with E-state index in [0.29, 0.717) is 21.7 Å². The van der Waals surface area contributed by atoms with Gasteiger partial charge in [-0.2, -0.15) is 0 Å². The molecule has 1 aromatic heterocycles. The van der Waals surface area contributed by atoms with E-state index in [1.54, 1.807) is 0 Å². The standard InChI is InChI=1S/C18H15Br2ClN4OS/c1-10-7-12(19)16(13(20)8-10)22-15(26)9-27-18-24-23-17(25(18)2)11-5-3-4-6-14(11)21/h3-8H,9H2,1-2H3,(H,22,26). The Morgan fingerprint density at radius 1 is 1.22 bits per heavy atom. The van der Waals surface area contributed by atoms with Crippen LogP contribution in [0, 0.1) is 6.92 Å². The number of rotatable bonds is 5. The van der Waals surface area contributed by atoms with E-state index < -0.39 is 0 Å². The highest BCUT2D eigenvalue weighted by Gasteiger charge is 2.16. The van der Waals surface area contributed by atoms with Gasteiger partial charge in [-0.1, -0.05) is 35.5 Å². The summed E-state index contributed by atoms with van der Waals surface area (Å²) in [5, 5.41) is 12.5. The molecule has 0 aliphatic carbocycles. The predicted molar refractivity (Wildman–Crippen MR) is 117 cm³/mol. The van der Waals surface area contributed by atoms with E-state index in [4.69, 9.17) is 11.6 Å². The van der Waals surface area contributed by atoms with Crippen LogP contribution in [0.3, 0.4) is 0 Å². The van der Waals surface area contributed by atoms with Gasteiger partial charge in [-0.05, 0) is 68.6 Å². The third-order valence-electron chi connectivity index (χ3n) is 3.73. The third-order valence-corrected chi connectivity index (χ3v) is 6.33. The number of nitrogens with zero attached hydrogens (tertiary/aromatic N) is 3. The molecule has 0 aliphatic heterocycles. The lowest BCUT2D eigenvalue weighted by molar-refractivity contribution is -0.113. The molecule has 9 heteroatoms. The molecule has 1 N–H and O–H groups in total. The maximum atomic E-state index is 12.4. The summed E-state index contributed by atoms with van der Waals surface area (Å²) in [4.78, 5) is 12.4. The quantitative estimate of drug-likeness (QED) is 0.430. The second-order valence-electron chi connectivity index (χ2n) is 5.79. The average Bonchev–Trinajstić information content (AvgIpc) is 2.97. The van der Waals surface area contributed by atoms with Crippen LogP contribution in [0.15, 0.2) is 50.5 Å². The van der Waals surface area contributed by atoms with Gasteiger partial charge in [0.1, 0.15) is 0 Å². The maximum Gasteiger partial charge on any atom is 0.234 e. The highest BCUT2D eigenvalue weighted by molar-refractivity contribution is 9.11. The molecule has 27 heavy (non-hydrogen) atoms. The van der Waals surface area contributed by atoms with Crippen LogP contribution in [-0.2, 0) is 11.8 Å². The molecular formula is C18H15Br2ClN4OS. The van der Waals surface area contributed by atoms with E-state index in [9.17, 15) is 4.79 Å². The molecule has 0 unspecified atom stereocenters. The van der Waals surface area contributed by atoms with Gasteiger partial charge >= 0.3 is 0 Å². The summed E-state index contributed by atoms with van der Waals surface area (Å²) < 4.78 is 3.48. The van der Waals surface area contributed by atoms with Crippen LogP contribution in [0.4, 0.5) is 5.69 Å². The first-order valence-corrected chi connectivity index (χ1v) is 10.8. The van der Waals surface area contributed by atoms with Gasteiger partial charge in [-0.15, -0.1) is 10.2 Å². The van der Waals surface area contributed by atoms with Crippen LogP contribution in [-0.4, -0.2) is 26.4 Å². The summed E-state index contributed by atoms with van der Waals surface area (Å²) in [6.07, 6.45) is 0. The minimum Gasteiger partial charge on any atom is -0.323 e. The number of hydrogen-bond acceptors (Lipinski definition) is 4. The lowest BCUT2D eigenvalue weighted by Crippen LogP contribution is -2.15. The molecule has 0 radical (unpaired) electrons. The van der Waals surface area contributed by atoms with E-state index in [-0.39, 0.29) is 11.7 Å². The Bertz CT molecular complexity index is 986. The SMILES string of the molecule is Cc1cc(Br)c(NC(=O)CSc2nnc(-c3ccccc3Cl)n2C)c(Br)c1. The topological polar surface area (TPSA) is 59.8 Å². The zero-order chi connectivity index (χ0) is 19.6. The molecule has 0 saturated heterocycles. The highest BCUT2D eigenvalue weighted by atomic mass is 79.9. The van der Waals surface area contributed by atoms with Crippen molar-refractivity contribution >= 4 is 66.8 Å². The number of carbonyl (C=O) groups excluding carboxylic acids is 1. The molecule has 5 nitrogen and oxygen atoms in total. The molecule has 0 fully saturated rings. The molecule has 0 bridgehead atoms. The Morgan fingerprint density at radius 3 is 2.56 bits per heavy atom. The monoisotopic (exact) mass is 528 g/mol. The van der Waals surface area contributed by atoms with Gasteiger partial charge in [0.25, 0.3) is 0 Å². The Balaban J connectivity index is 1.69. The molecule has 3 rings (SSSR count). The van der Waals surface area contributed by atoms with Gasteiger partial charge in [0.2, 0.25) is 5.91 Å². The van der Waals surface area contributed by atoms with Crippen LogP contribution in [0.2, 0.25) is 5.02 Å². The van der Waals surface area contributed by atoms with Crippen LogP contribution >= 0.6 is 55.2 Å². The smallest absolute Gasteiger partial charge is 0.234 e. The predicted octanol–water partition coefficient (Wildman–Crippen LogP) is 5.70. The Morgan fingerprint density at radius 2 is 1.89 bits per heavy atom. The molecule has 0 saturated carbocycles. The first kappa shape index (κ1) is 20.4. The number of benzene rings is 2. The van der Waals surface area contributed by atoms with Gasteiger partial charge < -0.3 is 9.88 Å². The van der Waals surface area contributed by atoms with Crippen molar-refractivity contribution in [2.24, 2.45) is 7.05 Å². The van der Waals surface area contributed by atoms with Gasteiger partial charge in [0.15, 0.2) is 11.0 Å². The zero-order valence-corrected chi connectivity index (χ0v) is 19.2. The van der Waals surface area contributed by atoms with Crippen LogP contribution in [0.1, 0.15) is 5.56 Å². The number of halogens is 3. The van der Waals surface area contributed by atoms with Gasteiger partial charge in [0.05, 0.1) is 16.5 Å². The van der Waals surface area contributed by atoms with E-state index in [2.05, 4.69) is 47.4 Å². The molecular weight excluding hydrogens is 516 g/mol. The van der Waals surface area contributed by atoms with Crippen LogP contribution in [0.5, 0.6) is 0 Å². The number of carbonyl (C=O) groups is 1. The lowest BCUT2D eigenvalue weighted by Gasteiger charge is -2.10. The number of aryl methyl sites for hydroxylation is 1. The molecule has 140 valence electrons. The van der Waals surface area contributed by atoms with Crippen molar-refractivity contribution in [1.82, 2.24) is 14.8 Å².